The van der Waals surface area contributed by atoms with Crippen LogP contribution in [0.25, 0.3) is 39.6 Å². The third kappa shape index (κ3) is 4.85. The smallest absolute Gasteiger partial charge is 0.164 e. The molecule has 9 heteroatoms. The van der Waals surface area contributed by atoms with Crippen LogP contribution in [0.1, 0.15) is 49.4 Å². The molecule has 39 heavy (non-hydrogen) atoms. The van der Waals surface area contributed by atoms with Gasteiger partial charge in [-0.05, 0) is 73.2 Å². The van der Waals surface area contributed by atoms with Gasteiger partial charge < -0.3 is 9.88 Å². The minimum absolute atomic E-state index is 0.317. The van der Waals surface area contributed by atoms with E-state index < -0.39 is 0 Å². The number of pyridine rings is 2. The lowest BCUT2D eigenvalue weighted by molar-refractivity contribution is 0.337. The van der Waals surface area contributed by atoms with Crippen LogP contribution in [-0.4, -0.2) is 40.6 Å². The van der Waals surface area contributed by atoms with Crippen LogP contribution < -0.4 is 5.32 Å². The van der Waals surface area contributed by atoms with Crippen LogP contribution >= 0.6 is 0 Å². The van der Waals surface area contributed by atoms with E-state index in [2.05, 4.69) is 32.7 Å². The molecule has 1 aromatic carbocycles. The molecule has 5 aromatic rings. The van der Waals surface area contributed by atoms with Gasteiger partial charge in [0.1, 0.15) is 12.1 Å². The molecule has 0 unspecified atom stereocenters. The van der Waals surface area contributed by atoms with Gasteiger partial charge in [-0.15, -0.1) is 10.2 Å². The van der Waals surface area contributed by atoms with Crippen LogP contribution in [0.3, 0.4) is 0 Å². The van der Waals surface area contributed by atoms with Crippen LogP contribution in [0, 0.1) is 5.82 Å². The summed E-state index contributed by atoms with van der Waals surface area (Å²) in [6, 6.07) is 15.6. The fourth-order valence-corrected chi connectivity index (χ4v) is 5.06. The molecule has 0 bridgehead atoms. The van der Waals surface area contributed by atoms with Crippen molar-refractivity contribution < 1.29 is 4.39 Å². The van der Waals surface area contributed by atoms with Gasteiger partial charge in [-0.1, -0.05) is 18.6 Å². The lowest BCUT2D eigenvalue weighted by Gasteiger charge is -2.26. The summed E-state index contributed by atoms with van der Waals surface area (Å²) in [4.78, 5) is 9.84. The van der Waals surface area contributed by atoms with Crippen LogP contribution in [-0.2, 0) is 13.6 Å². The molecule has 7 rings (SSSR count). The maximum Gasteiger partial charge on any atom is 0.164 e. The van der Waals surface area contributed by atoms with Crippen LogP contribution in [0.2, 0.25) is 0 Å². The predicted molar refractivity (Wildman–Crippen MR) is 146 cm³/mol. The van der Waals surface area contributed by atoms with Crippen molar-refractivity contribution in [2.75, 3.05) is 0 Å². The van der Waals surface area contributed by atoms with Crippen molar-refractivity contribution in [2.45, 2.75) is 50.6 Å². The third-order valence-corrected chi connectivity index (χ3v) is 7.67. The number of nitrogens with zero attached hydrogens (tertiary/aromatic N) is 7. The highest BCUT2D eigenvalue weighted by molar-refractivity contribution is 5.81. The first-order valence-electron chi connectivity index (χ1n) is 13.5. The summed E-state index contributed by atoms with van der Waals surface area (Å²) in [7, 11) is 1.86. The van der Waals surface area contributed by atoms with Gasteiger partial charge in [-0.25, -0.2) is 14.1 Å². The summed E-state index contributed by atoms with van der Waals surface area (Å²) in [5.41, 5.74) is 6.37. The molecular weight excluding hydrogens is 491 g/mol. The van der Waals surface area contributed by atoms with Crippen molar-refractivity contribution >= 4 is 0 Å². The molecule has 196 valence electrons. The first kappa shape index (κ1) is 23.8. The number of hydrogen-bond donors (Lipinski definition) is 1. The molecule has 4 aromatic heterocycles. The van der Waals surface area contributed by atoms with E-state index in [1.54, 1.807) is 21.6 Å². The zero-order valence-electron chi connectivity index (χ0n) is 21.8. The second-order valence-electron chi connectivity index (χ2n) is 10.6. The molecule has 8 nitrogen and oxygen atoms in total. The van der Waals surface area contributed by atoms with Gasteiger partial charge in [0.05, 0.1) is 17.6 Å². The maximum atomic E-state index is 14.4. The van der Waals surface area contributed by atoms with Gasteiger partial charge in [0.2, 0.25) is 0 Å². The lowest BCUT2D eigenvalue weighted by Crippen LogP contribution is -2.34. The van der Waals surface area contributed by atoms with Crippen molar-refractivity contribution in [1.82, 2.24) is 39.8 Å². The average Bonchev–Trinajstić information content (AvgIpc) is 3.50. The zero-order chi connectivity index (χ0) is 26.3. The molecule has 2 aliphatic rings. The number of benzene rings is 1. The van der Waals surface area contributed by atoms with Gasteiger partial charge in [-0.3, -0.25) is 4.98 Å². The molecule has 1 N–H and O–H groups in total. The summed E-state index contributed by atoms with van der Waals surface area (Å²) in [6.07, 6.45) is 11.5. The molecule has 0 aliphatic heterocycles. The van der Waals surface area contributed by atoms with Gasteiger partial charge in [0.15, 0.2) is 11.6 Å². The van der Waals surface area contributed by atoms with Crippen molar-refractivity contribution in [1.29, 1.82) is 0 Å². The van der Waals surface area contributed by atoms with E-state index in [1.165, 1.54) is 31.4 Å². The number of nitrogens with one attached hydrogen (secondary N) is 1. The molecule has 2 saturated carbocycles. The van der Waals surface area contributed by atoms with E-state index in [0.717, 1.165) is 59.0 Å². The van der Waals surface area contributed by atoms with Gasteiger partial charge in [-0.2, -0.15) is 5.10 Å². The Morgan fingerprint density at radius 1 is 0.974 bits per heavy atom. The Hall–Kier alpha value is -4.24. The monoisotopic (exact) mass is 520 g/mol. The Morgan fingerprint density at radius 2 is 1.87 bits per heavy atom. The van der Waals surface area contributed by atoms with Crippen LogP contribution in [0.15, 0.2) is 67.3 Å². The second-order valence-corrected chi connectivity index (χ2v) is 10.6. The zero-order valence-corrected chi connectivity index (χ0v) is 21.8. The summed E-state index contributed by atoms with van der Waals surface area (Å²) in [5.74, 6) is 1.44. The largest absolute Gasteiger partial charge is 0.317 e. The van der Waals surface area contributed by atoms with Crippen molar-refractivity contribution in [2.24, 2.45) is 7.05 Å². The fraction of sp³-hybridized carbons (Fsp3) is 0.300. The molecule has 2 fully saturated rings. The Morgan fingerprint density at radius 3 is 2.64 bits per heavy atom. The third-order valence-electron chi connectivity index (χ3n) is 7.67. The van der Waals surface area contributed by atoms with Crippen molar-refractivity contribution in [3.05, 3.63) is 84.5 Å². The van der Waals surface area contributed by atoms with Crippen molar-refractivity contribution in [3.8, 4) is 39.6 Å². The molecule has 4 heterocycles. The molecule has 0 saturated heterocycles. The number of aryl methyl sites for hydroxylation is 1. The minimum Gasteiger partial charge on any atom is -0.317 e. The topological polar surface area (TPSA) is 86.3 Å². The highest BCUT2D eigenvalue weighted by Gasteiger charge is 2.27. The Balaban J connectivity index is 1.24. The van der Waals surface area contributed by atoms with E-state index in [1.807, 2.05) is 37.6 Å². The highest BCUT2D eigenvalue weighted by Crippen LogP contribution is 2.42. The molecule has 0 radical (unpaired) electrons. The molecule has 0 atom stereocenters. The molecule has 0 spiro atoms. The normalized spacial score (nSPS) is 15.4. The van der Waals surface area contributed by atoms with Gasteiger partial charge >= 0.3 is 0 Å². The summed E-state index contributed by atoms with van der Waals surface area (Å²) >= 11 is 0. The van der Waals surface area contributed by atoms with Crippen molar-refractivity contribution in [3.63, 3.8) is 0 Å². The van der Waals surface area contributed by atoms with E-state index in [-0.39, 0.29) is 5.82 Å². The van der Waals surface area contributed by atoms with E-state index in [4.69, 9.17) is 9.97 Å². The quantitative estimate of drug-likeness (QED) is 0.293. The number of hydrogen-bond acceptors (Lipinski definition) is 6. The summed E-state index contributed by atoms with van der Waals surface area (Å²) in [6.45, 7) is 0.770. The molecule has 0 amide bonds. The first-order valence-corrected chi connectivity index (χ1v) is 13.5. The standard InChI is InChI=1S/C30H29FN8/c1-38-18-33-37-30(38)26-14-22(31)10-11-25(26)20-12-28(19-8-9-19)36-29(13-20)39-17-21(15-34-39)27-7-3-6-24(35-27)16-32-23-4-2-5-23/h3,6-7,10-15,17-19,23,32H,2,4-5,8-9,16H2,1H3. The average molecular weight is 521 g/mol. The van der Waals surface area contributed by atoms with E-state index >= 15 is 0 Å². The number of rotatable bonds is 8. The number of halogens is 1. The summed E-state index contributed by atoms with van der Waals surface area (Å²) in [5, 5.41) is 16.5. The minimum atomic E-state index is -0.317. The Bertz CT molecular complexity index is 1650. The number of aromatic nitrogens is 7. The Labute approximate surface area is 226 Å². The van der Waals surface area contributed by atoms with Crippen LogP contribution in [0.5, 0.6) is 0 Å². The van der Waals surface area contributed by atoms with E-state index in [9.17, 15) is 4.39 Å². The lowest BCUT2D eigenvalue weighted by atomic mass is 9.93. The maximum absolute atomic E-state index is 14.4. The first-order chi connectivity index (χ1) is 19.1. The highest BCUT2D eigenvalue weighted by atomic mass is 19.1. The predicted octanol–water partition coefficient (Wildman–Crippen LogP) is 5.45. The summed E-state index contributed by atoms with van der Waals surface area (Å²) < 4.78 is 18.0. The van der Waals surface area contributed by atoms with Crippen LogP contribution in [0.4, 0.5) is 4.39 Å². The van der Waals surface area contributed by atoms with Gasteiger partial charge in [0.25, 0.3) is 0 Å². The second kappa shape index (κ2) is 9.81. The fourth-order valence-electron chi connectivity index (χ4n) is 5.06. The molecular formula is C30H29FN8. The van der Waals surface area contributed by atoms with Gasteiger partial charge in [0, 0.05) is 48.6 Å². The Kier molecular flexibility index (Phi) is 6.00. The SMILES string of the molecule is Cn1cnnc1-c1cc(F)ccc1-c1cc(C2CC2)nc(-n2cc(-c3cccc(CNC4CCC4)n3)cn2)c1. The molecule has 2 aliphatic carbocycles. The van der Waals surface area contributed by atoms with E-state index in [0.29, 0.717) is 23.3 Å².